The van der Waals surface area contributed by atoms with E-state index in [2.05, 4.69) is 41.1 Å². The van der Waals surface area contributed by atoms with Gasteiger partial charge in [-0.1, -0.05) is 6.42 Å². The van der Waals surface area contributed by atoms with Crippen molar-refractivity contribution in [3.05, 3.63) is 29.4 Å². The largest absolute Gasteiger partial charge is 0.355 e. The first-order chi connectivity index (χ1) is 12.4. The molecular weight excluding hydrogens is 332 g/mol. The predicted octanol–water partition coefficient (Wildman–Crippen LogP) is 3.39. The quantitative estimate of drug-likeness (QED) is 0.706. The molecule has 0 spiro atoms. The van der Waals surface area contributed by atoms with E-state index in [1.807, 2.05) is 0 Å². The third-order valence-corrected chi connectivity index (χ3v) is 6.29. The van der Waals surface area contributed by atoms with Crippen molar-refractivity contribution >= 4 is 27.4 Å². The molecule has 5 heterocycles. The Morgan fingerprint density at radius 1 is 1.04 bits per heavy atom. The first kappa shape index (κ1) is 15.3. The van der Waals surface area contributed by atoms with E-state index in [0.717, 1.165) is 36.7 Å². The molecule has 2 aliphatic rings. The molecule has 7 heteroatoms. The van der Waals surface area contributed by atoms with Crippen LogP contribution >= 0.6 is 11.3 Å². The van der Waals surface area contributed by atoms with Gasteiger partial charge in [-0.2, -0.15) is 0 Å². The Morgan fingerprint density at radius 2 is 2.04 bits per heavy atom. The highest BCUT2D eigenvalue weighted by atomic mass is 32.1. The van der Waals surface area contributed by atoms with E-state index in [1.165, 1.54) is 49.1 Å². The molecule has 0 bridgehead atoms. The second-order valence-corrected chi connectivity index (χ2v) is 7.95. The molecule has 5 rings (SSSR count). The van der Waals surface area contributed by atoms with Crippen LogP contribution < -0.4 is 4.90 Å². The molecule has 6 nitrogen and oxygen atoms in total. The Morgan fingerprint density at radius 3 is 3.04 bits per heavy atom. The summed E-state index contributed by atoms with van der Waals surface area (Å²) in [4.78, 5) is 12.5. The number of thiophene rings is 1. The number of hydrogen-bond acceptors (Lipinski definition) is 6. The normalized spacial score (nSPS) is 21.3. The summed E-state index contributed by atoms with van der Waals surface area (Å²) in [6.07, 6.45) is 8.92. The van der Waals surface area contributed by atoms with Gasteiger partial charge >= 0.3 is 0 Å². The van der Waals surface area contributed by atoms with Gasteiger partial charge in [0.25, 0.3) is 0 Å². The second kappa shape index (κ2) is 6.37. The summed E-state index contributed by atoms with van der Waals surface area (Å²) >= 11 is 1.68. The van der Waals surface area contributed by atoms with Gasteiger partial charge in [0.1, 0.15) is 28.6 Å². The van der Waals surface area contributed by atoms with Crippen LogP contribution in [0.25, 0.3) is 10.2 Å². The minimum absolute atomic E-state index is 0.441. The van der Waals surface area contributed by atoms with Crippen LogP contribution in [0.2, 0.25) is 0 Å². The van der Waals surface area contributed by atoms with Crippen molar-refractivity contribution in [3.63, 3.8) is 0 Å². The summed E-state index contributed by atoms with van der Waals surface area (Å²) < 4.78 is 2.40. The summed E-state index contributed by atoms with van der Waals surface area (Å²) in [5.74, 6) is 3.90. The SMILES string of the molecule is c1nc(N2CCCC(c3nnc4n3CCCCC4)C2)c2ccsc2n1. The first-order valence-electron chi connectivity index (χ1n) is 9.25. The van der Waals surface area contributed by atoms with Crippen molar-refractivity contribution < 1.29 is 0 Å². The molecular formula is C18H22N6S. The molecule has 0 radical (unpaired) electrons. The first-order valence-corrected chi connectivity index (χ1v) is 10.1. The number of aromatic nitrogens is 5. The third-order valence-electron chi connectivity index (χ3n) is 5.46. The van der Waals surface area contributed by atoms with Crippen LogP contribution in [0.5, 0.6) is 0 Å². The number of aryl methyl sites for hydroxylation is 1. The van der Waals surface area contributed by atoms with Crippen LogP contribution in [0.4, 0.5) is 5.82 Å². The van der Waals surface area contributed by atoms with E-state index in [0.29, 0.717) is 5.92 Å². The van der Waals surface area contributed by atoms with Gasteiger partial charge in [-0.25, -0.2) is 9.97 Å². The fourth-order valence-corrected chi connectivity index (χ4v) is 4.95. The van der Waals surface area contributed by atoms with Gasteiger partial charge in [-0.05, 0) is 37.1 Å². The smallest absolute Gasteiger partial charge is 0.140 e. The number of fused-ring (bicyclic) bond motifs is 2. The summed E-state index contributed by atoms with van der Waals surface area (Å²) in [5.41, 5.74) is 0. The molecule has 1 saturated heterocycles. The summed E-state index contributed by atoms with van der Waals surface area (Å²) in [5, 5.41) is 12.4. The van der Waals surface area contributed by atoms with Crippen LogP contribution in [0.3, 0.4) is 0 Å². The van der Waals surface area contributed by atoms with Gasteiger partial charge in [-0.3, -0.25) is 0 Å². The molecule has 0 aromatic carbocycles. The molecule has 3 aromatic heterocycles. The number of hydrogen-bond donors (Lipinski definition) is 0. The van der Waals surface area contributed by atoms with E-state index >= 15 is 0 Å². The minimum atomic E-state index is 0.441. The number of anilines is 1. The topological polar surface area (TPSA) is 59.7 Å². The average molecular weight is 354 g/mol. The molecule has 25 heavy (non-hydrogen) atoms. The molecule has 1 fully saturated rings. The third kappa shape index (κ3) is 2.70. The zero-order chi connectivity index (χ0) is 16.6. The van der Waals surface area contributed by atoms with Crippen molar-refractivity contribution in [1.29, 1.82) is 0 Å². The number of piperidine rings is 1. The van der Waals surface area contributed by atoms with Crippen LogP contribution in [-0.2, 0) is 13.0 Å². The summed E-state index contributed by atoms with van der Waals surface area (Å²) in [6.45, 7) is 3.11. The molecule has 2 aliphatic heterocycles. The molecule has 130 valence electrons. The Labute approximate surface area is 150 Å². The summed E-state index contributed by atoms with van der Waals surface area (Å²) in [6, 6.07) is 2.14. The highest BCUT2D eigenvalue weighted by Crippen LogP contribution is 2.33. The molecule has 3 aromatic rings. The van der Waals surface area contributed by atoms with Gasteiger partial charge < -0.3 is 9.47 Å². The van der Waals surface area contributed by atoms with E-state index in [4.69, 9.17) is 0 Å². The summed E-state index contributed by atoms with van der Waals surface area (Å²) in [7, 11) is 0. The zero-order valence-electron chi connectivity index (χ0n) is 14.3. The lowest BCUT2D eigenvalue weighted by Crippen LogP contribution is -2.36. The second-order valence-electron chi connectivity index (χ2n) is 7.06. The number of rotatable bonds is 2. The van der Waals surface area contributed by atoms with Crippen molar-refractivity contribution in [2.45, 2.75) is 51.0 Å². The lowest BCUT2D eigenvalue weighted by Gasteiger charge is -2.33. The standard InChI is InChI=1S/C18H22N6S/c1-2-6-15-21-22-16(24(15)9-3-1)13-5-4-8-23(11-13)17-14-7-10-25-18(14)20-12-19-17/h7,10,12-13H,1-6,8-9,11H2. The van der Waals surface area contributed by atoms with Gasteiger partial charge in [0.2, 0.25) is 0 Å². The van der Waals surface area contributed by atoms with Gasteiger partial charge in [-0.15, -0.1) is 21.5 Å². The van der Waals surface area contributed by atoms with Crippen molar-refractivity contribution in [1.82, 2.24) is 24.7 Å². The van der Waals surface area contributed by atoms with E-state index in [-0.39, 0.29) is 0 Å². The molecule has 1 unspecified atom stereocenters. The lowest BCUT2D eigenvalue weighted by molar-refractivity contribution is 0.464. The molecule has 0 saturated carbocycles. The Balaban J connectivity index is 1.45. The van der Waals surface area contributed by atoms with E-state index in [1.54, 1.807) is 17.7 Å². The Kier molecular flexibility index (Phi) is 3.88. The van der Waals surface area contributed by atoms with Crippen molar-refractivity contribution in [3.8, 4) is 0 Å². The highest BCUT2D eigenvalue weighted by molar-refractivity contribution is 7.16. The van der Waals surface area contributed by atoms with Gasteiger partial charge in [0.05, 0.1) is 5.39 Å². The zero-order valence-corrected chi connectivity index (χ0v) is 15.1. The van der Waals surface area contributed by atoms with E-state index in [9.17, 15) is 0 Å². The van der Waals surface area contributed by atoms with E-state index < -0.39 is 0 Å². The fourth-order valence-electron chi connectivity index (χ4n) is 4.22. The lowest BCUT2D eigenvalue weighted by atomic mass is 9.97. The predicted molar refractivity (Wildman–Crippen MR) is 99.2 cm³/mol. The molecule has 0 N–H and O–H groups in total. The van der Waals surface area contributed by atoms with Crippen LogP contribution in [0, 0.1) is 0 Å². The van der Waals surface area contributed by atoms with Crippen LogP contribution in [0.15, 0.2) is 17.8 Å². The Hall–Kier alpha value is -2.02. The average Bonchev–Trinajstić information content (AvgIpc) is 3.23. The minimum Gasteiger partial charge on any atom is -0.355 e. The maximum atomic E-state index is 4.60. The maximum Gasteiger partial charge on any atom is 0.140 e. The Bertz CT molecular complexity index is 885. The van der Waals surface area contributed by atoms with Gasteiger partial charge in [0, 0.05) is 32.0 Å². The van der Waals surface area contributed by atoms with Crippen molar-refractivity contribution in [2.75, 3.05) is 18.0 Å². The molecule has 0 amide bonds. The highest BCUT2D eigenvalue weighted by Gasteiger charge is 2.28. The molecule has 0 aliphatic carbocycles. The fraction of sp³-hybridized carbons (Fsp3) is 0.556. The van der Waals surface area contributed by atoms with Crippen LogP contribution in [0.1, 0.15) is 49.7 Å². The van der Waals surface area contributed by atoms with Crippen molar-refractivity contribution in [2.24, 2.45) is 0 Å². The monoisotopic (exact) mass is 354 g/mol. The van der Waals surface area contributed by atoms with Crippen LogP contribution in [-0.4, -0.2) is 37.8 Å². The maximum absolute atomic E-state index is 4.60. The number of nitrogens with zero attached hydrogens (tertiary/aromatic N) is 6. The molecule has 1 atom stereocenters. The van der Waals surface area contributed by atoms with Gasteiger partial charge in [0.15, 0.2) is 0 Å².